The van der Waals surface area contributed by atoms with E-state index in [1.807, 2.05) is 0 Å². The lowest BCUT2D eigenvalue weighted by Gasteiger charge is -2.19. The van der Waals surface area contributed by atoms with E-state index in [4.69, 9.17) is 19.1 Å². The first-order valence-corrected chi connectivity index (χ1v) is 17.3. The van der Waals surface area contributed by atoms with Gasteiger partial charge in [-0.3, -0.25) is 0 Å². The van der Waals surface area contributed by atoms with E-state index in [1.54, 1.807) is 7.11 Å². The standard InChI is InChI=1S/C34H70O5/c1-4-6-8-10-12-14-17-25-31-37-34(38-32-26-18-15-13-11-9-7-5-2)28-22-16-19-23-29-36-30-24-20-21-27-33-39-35-3/h34H,4-33H2,1-3H3. The van der Waals surface area contributed by atoms with Crippen molar-refractivity contribution in [2.45, 2.75) is 181 Å². The molecule has 0 aromatic heterocycles. The van der Waals surface area contributed by atoms with E-state index in [9.17, 15) is 0 Å². The Bertz CT molecular complexity index is 398. The molecular formula is C34H70O5. The fraction of sp³-hybridized carbons (Fsp3) is 1.00. The minimum absolute atomic E-state index is 0.00959. The third-order valence-corrected chi connectivity index (χ3v) is 7.47. The Morgan fingerprint density at radius 2 is 0.744 bits per heavy atom. The number of hydrogen-bond donors (Lipinski definition) is 0. The van der Waals surface area contributed by atoms with Gasteiger partial charge in [0.05, 0.1) is 13.7 Å². The van der Waals surface area contributed by atoms with Crippen molar-refractivity contribution in [2.75, 3.05) is 40.1 Å². The highest BCUT2D eigenvalue weighted by Crippen LogP contribution is 2.14. The summed E-state index contributed by atoms with van der Waals surface area (Å²) >= 11 is 0. The summed E-state index contributed by atoms with van der Waals surface area (Å²) in [4.78, 5) is 9.49. The highest BCUT2D eigenvalue weighted by atomic mass is 17.2. The highest BCUT2D eigenvalue weighted by Gasteiger charge is 2.09. The van der Waals surface area contributed by atoms with Gasteiger partial charge < -0.3 is 14.2 Å². The van der Waals surface area contributed by atoms with Crippen molar-refractivity contribution in [3.05, 3.63) is 0 Å². The molecule has 0 bridgehead atoms. The summed E-state index contributed by atoms with van der Waals surface area (Å²) in [5.41, 5.74) is 0. The highest BCUT2D eigenvalue weighted by molar-refractivity contribution is 4.53. The van der Waals surface area contributed by atoms with Crippen LogP contribution in [-0.4, -0.2) is 46.4 Å². The number of rotatable bonds is 35. The second-order valence-corrected chi connectivity index (χ2v) is 11.3. The first-order chi connectivity index (χ1) is 19.3. The SMILES string of the molecule is CCCCCCCCCCOC(CCCCCCOCCCCCCOOC)OCCCCCCCCCC. The molecular weight excluding hydrogens is 488 g/mol. The average molecular weight is 559 g/mol. The van der Waals surface area contributed by atoms with E-state index in [1.165, 1.54) is 135 Å². The van der Waals surface area contributed by atoms with Gasteiger partial charge in [0.1, 0.15) is 0 Å². The Morgan fingerprint density at radius 1 is 0.385 bits per heavy atom. The molecule has 0 N–H and O–H groups in total. The van der Waals surface area contributed by atoms with E-state index < -0.39 is 0 Å². The number of ether oxygens (including phenoxy) is 3. The molecule has 0 atom stereocenters. The van der Waals surface area contributed by atoms with Gasteiger partial charge in [-0.05, 0) is 44.9 Å². The third kappa shape index (κ3) is 33.9. The van der Waals surface area contributed by atoms with Gasteiger partial charge in [0, 0.05) is 26.4 Å². The topological polar surface area (TPSA) is 46.2 Å². The quantitative estimate of drug-likeness (QED) is 0.0335. The van der Waals surface area contributed by atoms with E-state index in [0.29, 0.717) is 6.61 Å². The maximum Gasteiger partial charge on any atom is 0.157 e. The van der Waals surface area contributed by atoms with Crippen molar-refractivity contribution in [1.29, 1.82) is 0 Å². The van der Waals surface area contributed by atoms with Crippen LogP contribution in [0.3, 0.4) is 0 Å². The minimum atomic E-state index is -0.00959. The molecule has 0 aliphatic heterocycles. The summed E-state index contributed by atoms with van der Waals surface area (Å²) in [6.45, 7) is 8.73. The van der Waals surface area contributed by atoms with Crippen molar-refractivity contribution in [3.63, 3.8) is 0 Å². The molecule has 5 nitrogen and oxygen atoms in total. The van der Waals surface area contributed by atoms with Crippen molar-refractivity contribution >= 4 is 0 Å². The molecule has 0 aliphatic rings. The Morgan fingerprint density at radius 3 is 1.18 bits per heavy atom. The maximum atomic E-state index is 6.21. The second-order valence-electron chi connectivity index (χ2n) is 11.3. The van der Waals surface area contributed by atoms with Crippen molar-refractivity contribution in [3.8, 4) is 0 Å². The monoisotopic (exact) mass is 559 g/mol. The number of hydrogen-bond acceptors (Lipinski definition) is 5. The first-order valence-electron chi connectivity index (χ1n) is 17.3. The van der Waals surface area contributed by atoms with Crippen LogP contribution >= 0.6 is 0 Å². The summed E-state index contributed by atoms with van der Waals surface area (Å²) in [7, 11) is 1.56. The molecule has 0 amide bonds. The molecule has 0 aliphatic carbocycles. The van der Waals surface area contributed by atoms with Gasteiger partial charge in [0.2, 0.25) is 0 Å². The summed E-state index contributed by atoms with van der Waals surface area (Å²) in [5, 5.41) is 0. The third-order valence-electron chi connectivity index (χ3n) is 7.47. The molecule has 0 aromatic carbocycles. The van der Waals surface area contributed by atoms with E-state index in [-0.39, 0.29) is 6.29 Å². The molecule has 0 radical (unpaired) electrons. The fourth-order valence-electron chi connectivity index (χ4n) is 4.89. The predicted molar refractivity (Wildman–Crippen MR) is 166 cm³/mol. The van der Waals surface area contributed by atoms with Crippen LogP contribution in [0.25, 0.3) is 0 Å². The van der Waals surface area contributed by atoms with Crippen molar-refractivity contribution in [1.82, 2.24) is 0 Å². The van der Waals surface area contributed by atoms with E-state index >= 15 is 0 Å². The first kappa shape index (κ1) is 38.8. The molecule has 0 heterocycles. The van der Waals surface area contributed by atoms with Gasteiger partial charge in [-0.25, -0.2) is 9.78 Å². The molecule has 5 heteroatoms. The molecule has 0 fully saturated rings. The zero-order chi connectivity index (χ0) is 28.3. The summed E-state index contributed by atoms with van der Waals surface area (Å²) in [6.07, 6.45) is 31.8. The van der Waals surface area contributed by atoms with Gasteiger partial charge >= 0.3 is 0 Å². The van der Waals surface area contributed by atoms with E-state index in [2.05, 4.69) is 18.7 Å². The second kappa shape index (κ2) is 35.8. The van der Waals surface area contributed by atoms with Crippen LogP contribution in [0.15, 0.2) is 0 Å². The lowest BCUT2D eigenvalue weighted by atomic mass is 10.1. The Labute approximate surface area is 244 Å². The normalized spacial score (nSPS) is 11.7. The van der Waals surface area contributed by atoms with Gasteiger partial charge in [-0.1, -0.05) is 129 Å². The Balaban J connectivity index is 3.82. The zero-order valence-electron chi connectivity index (χ0n) is 26.8. The molecule has 0 rings (SSSR count). The molecule has 0 aromatic rings. The maximum absolute atomic E-state index is 6.21. The van der Waals surface area contributed by atoms with E-state index in [0.717, 1.165) is 52.1 Å². The average Bonchev–Trinajstić information content (AvgIpc) is 2.95. The summed E-state index contributed by atoms with van der Waals surface area (Å²) in [5.74, 6) is 0. The fourth-order valence-corrected chi connectivity index (χ4v) is 4.89. The zero-order valence-corrected chi connectivity index (χ0v) is 26.8. The Kier molecular flexibility index (Phi) is 35.6. The molecule has 39 heavy (non-hydrogen) atoms. The van der Waals surface area contributed by atoms with Gasteiger partial charge in [-0.2, -0.15) is 0 Å². The van der Waals surface area contributed by atoms with Crippen LogP contribution in [0.1, 0.15) is 174 Å². The molecule has 0 unspecified atom stereocenters. The smallest absolute Gasteiger partial charge is 0.157 e. The number of unbranched alkanes of at least 4 members (excludes halogenated alkanes) is 20. The van der Waals surface area contributed by atoms with Gasteiger partial charge in [-0.15, -0.1) is 0 Å². The largest absolute Gasteiger partial charge is 0.381 e. The van der Waals surface area contributed by atoms with Crippen molar-refractivity contribution in [2.24, 2.45) is 0 Å². The van der Waals surface area contributed by atoms with Crippen LogP contribution in [0.4, 0.5) is 0 Å². The summed E-state index contributed by atoms with van der Waals surface area (Å²) in [6, 6.07) is 0. The molecule has 0 saturated heterocycles. The minimum Gasteiger partial charge on any atom is -0.381 e. The predicted octanol–water partition coefficient (Wildman–Crippen LogP) is 10.7. The van der Waals surface area contributed by atoms with Crippen LogP contribution in [0.2, 0.25) is 0 Å². The van der Waals surface area contributed by atoms with Crippen LogP contribution in [0.5, 0.6) is 0 Å². The van der Waals surface area contributed by atoms with Gasteiger partial charge in [0.25, 0.3) is 0 Å². The van der Waals surface area contributed by atoms with Crippen molar-refractivity contribution < 1.29 is 24.0 Å². The lowest BCUT2D eigenvalue weighted by molar-refractivity contribution is -0.272. The van der Waals surface area contributed by atoms with Crippen LogP contribution < -0.4 is 0 Å². The lowest BCUT2D eigenvalue weighted by Crippen LogP contribution is -2.19. The van der Waals surface area contributed by atoms with Crippen LogP contribution in [0, 0.1) is 0 Å². The summed E-state index contributed by atoms with van der Waals surface area (Å²) < 4.78 is 18.2. The molecule has 0 saturated carbocycles. The van der Waals surface area contributed by atoms with Crippen LogP contribution in [-0.2, 0) is 24.0 Å². The Hall–Kier alpha value is -0.200. The van der Waals surface area contributed by atoms with Gasteiger partial charge in [0.15, 0.2) is 6.29 Å². The molecule has 0 spiro atoms. The molecule has 236 valence electrons.